The number of nitrogens with one attached hydrogen (secondary N) is 3. The second kappa shape index (κ2) is 8.00. The Hall–Kier alpha value is -3.20. The third-order valence-electron chi connectivity index (χ3n) is 3.65. The number of H-pyrrole nitrogens is 1. The molecule has 2 heterocycles. The molecule has 27 heavy (non-hydrogen) atoms. The van der Waals surface area contributed by atoms with Gasteiger partial charge in [-0.05, 0) is 19.1 Å². The maximum absolute atomic E-state index is 11.6. The van der Waals surface area contributed by atoms with E-state index in [1.807, 2.05) is 18.3 Å². The van der Waals surface area contributed by atoms with Crippen LogP contribution in [0.2, 0.25) is 5.02 Å². The SMILES string of the molecule is Cc1cc(COc2cc3[nH]c(CNC(=O)CNC(=O)O)cc3cc2Cl)on1. The zero-order valence-corrected chi connectivity index (χ0v) is 15.1. The molecule has 0 spiro atoms. The molecular weight excluding hydrogens is 376 g/mol. The third kappa shape index (κ3) is 4.91. The van der Waals surface area contributed by atoms with Crippen molar-refractivity contribution in [2.75, 3.05) is 6.54 Å². The number of amides is 2. The number of aromatic amines is 1. The van der Waals surface area contributed by atoms with Crippen LogP contribution in [0.25, 0.3) is 10.9 Å². The van der Waals surface area contributed by atoms with Gasteiger partial charge in [0.2, 0.25) is 5.91 Å². The number of hydrogen-bond donors (Lipinski definition) is 4. The molecule has 1 aromatic carbocycles. The summed E-state index contributed by atoms with van der Waals surface area (Å²) in [4.78, 5) is 25.1. The lowest BCUT2D eigenvalue weighted by atomic mass is 10.2. The summed E-state index contributed by atoms with van der Waals surface area (Å²) in [6.45, 7) is 1.94. The van der Waals surface area contributed by atoms with E-state index in [1.54, 1.807) is 18.2 Å². The number of aromatic nitrogens is 2. The summed E-state index contributed by atoms with van der Waals surface area (Å²) in [5, 5.41) is 18.2. The Morgan fingerprint density at radius 2 is 2.11 bits per heavy atom. The number of carbonyl (C=O) groups is 2. The Morgan fingerprint density at radius 1 is 1.30 bits per heavy atom. The number of carbonyl (C=O) groups excluding carboxylic acids is 1. The number of rotatable bonds is 7. The minimum atomic E-state index is -1.25. The monoisotopic (exact) mass is 392 g/mol. The average Bonchev–Trinajstić information content (AvgIpc) is 3.21. The third-order valence-corrected chi connectivity index (χ3v) is 3.95. The Kier molecular flexibility index (Phi) is 5.51. The van der Waals surface area contributed by atoms with Crippen molar-refractivity contribution in [2.24, 2.45) is 0 Å². The highest BCUT2D eigenvalue weighted by Gasteiger charge is 2.10. The van der Waals surface area contributed by atoms with Crippen LogP contribution in [-0.4, -0.2) is 33.8 Å². The second-order valence-corrected chi connectivity index (χ2v) is 6.23. The van der Waals surface area contributed by atoms with Crippen LogP contribution in [0.4, 0.5) is 4.79 Å². The summed E-state index contributed by atoms with van der Waals surface area (Å²) in [6, 6.07) is 7.14. The Labute approximate surface area is 158 Å². The maximum Gasteiger partial charge on any atom is 0.405 e. The molecule has 142 valence electrons. The first kappa shape index (κ1) is 18.6. The van der Waals surface area contributed by atoms with E-state index >= 15 is 0 Å². The fourth-order valence-corrected chi connectivity index (χ4v) is 2.67. The van der Waals surface area contributed by atoms with Crippen molar-refractivity contribution in [1.82, 2.24) is 20.8 Å². The van der Waals surface area contributed by atoms with Gasteiger partial charge in [0, 0.05) is 28.7 Å². The number of benzene rings is 1. The molecular formula is C17H17ClN4O5. The van der Waals surface area contributed by atoms with Crippen LogP contribution >= 0.6 is 11.6 Å². The summed E-state index contributed by atoms with van der Waals surface area (Å²) >= 11 is 6.26. The molecule has 0 aliphatic heterocycles. The molecule has 0 fully saturated rings. The normalized spacial score (nSPS) is 10.7. The molecule has 2 aromatic heterocycles. The van der Waals surface area contributed by atoms with Gasteiger partial charge in [-0.25, -0.2) is 4.79 Å². The standard InChI is InChI=1S/C17H17ClN4O5/c1-9-2-12(27-22-9)8-26-15-5-14-10(4-13(15)18)3-11(21-14)6-19-16(23)7-20-17(24)25/h2-5,20-21H,6-8H2,1H3,(H,19,23)(H,24,25). The molecule has 0 radical (unpaired) electrons. The van der Waals surface area contributed by atoms with Gasteiger partial charge in [0.15, 0.2) is 5.76 Å². The molecule has 0 unspecified atom stereocenters. The molecule has 0 aliphatic carbocycles. The van der Waals surface area contributed by atoms with E-state index in [0.717, 1.165) is 22.3 Å². The van der Waals surface area contributed by atoms with E-state index < -0.39 is 12.0 Å². The number of nitrogens with zero attached hydrogens (tertiary/aromatic N) is 1. The van der Waals surface area contributed by atoms with Crippen molar-refractivity contribution in [2.45, 2.75) is 20.1 Å². The lowest BCUT2D eigenvalue weighted by Crippen LogP contribution is -2.35. The van der Waals surface area contributed by atoms with Crippen LogP contribution in [-0.2, 0) is 17.9 Å². The highest BCUT2D eigenvalue weighted by Crippen LogP contribution is 2.31. The van der Waals surface area contributed by atoms with Crippen molar-refractivity contribution in [3.05, 3.63) is 46.4 Å². The summed E-state index contributed by atoms with van der Waals surface area (Å²) in [5.74, 6) is 0.648. The zero-order chi connectivity index (χ0) is 19.4. The highest BCUT2D eigenvalue weighted by molar-refractivity contribution is 6.32. The Morgan fingerprint density at radius 3 is 2.81 bits per heavy atom. The van der Waals surface area contributed by atoms with Crippen LogP contribution in [0.5, 0.6) is 5.75 Å². The quantitative estimate of drug-likeness (QED) is 0.489. The zero-order valence-electron chi connectivity index (χ0n) is 14.3. The topological polar surface area (TPSA) is 129 Å². The molecule has 3 aromatic rings. The van der Waals surface area contributed by atoms with Crippen LogP contribution < -0.4 is 15.4 Å². The molecule has 0 saturated heterocycles. The van der Waals surface area contributed by atoms with Gasteiger partial charge in [0.05, 0.1) is 23.8 Å². The summed E-state index contributed by atoms with van der Waals surface area (Å²) in [5.41, 5.74) is 2.30. The van der Waals surface area contributed by atoms with Gasteiger partial charge in [0.1, 0.15) is 12.4 Å². The molecule has 10 heteroatoms. The van der Waals surface area contributed by atoms with Crippen molar-refractivity contribution < 1.29 is 24.0 Å². The van der Waals surface area contributed by atoms with Gasteiger partial charge in [-0.2, -0.15) is 0 Å². The van der Waals surface area contributed by atoms with E-state index in [2.05, 4.69) is 15.5 Å². The van der Waals surface area contributed by atoms with Crippen LogP contribution in [0, 0.1) is 6.92 Å². The molecule has 0 aliphatic rings. The lowest BCUT2D eigenvalue weighted by Gasteiger charge is -2.06. The van der Waals surface area contributed by atoms with Gasteiger partial charge in [-0.15, -0.1) is 0 Å². The molecule has 2 amide bonds. The smallest absolute Gasteiger partial charge is 0.405 e. The molecule has 0 saturated carbocycles. The van der Waals surface area contributed by atoms with Gasteiger partial charge >= 0.3 is 6.09 Å². The first-order chi connectivity index (χ1) is 12.9. The van der Waals surface area contributed by atoms with Crippen molar-refractivity contribution >= 4 is 34.5 Å². The number of hydrogen-bond acceptors (Lipinski definition) is 5. The first-order valence-electron chi connectivity index (χ1n) is 8.00. The summed E-state index contributed by atoms with van der Waals surface area (Å²) < 4.78 is 10.8. The van der Waals surface area contributed by atoms with Gasteiger partial charge in [-0.1, -0.05) is 16.8 Å². The van der Waals surface area contributed by atoms with E-state index in [0.29, 0.717) is 16.5 Å². The summed E-state index contributed by atoms with van der Waals surface area (Å²) in [7, 11) is 0. The number of fused-ring (bicyclic) bond motifs is 1. The first-order valence-corrected chi connectivity index (χ1v) is 8.38. The van der Waals surface area contributed by atoms with E-state index in [1.165, 1.54) is 0 Å². The largest absolute Gasteiger partial charge is 0.484 e. The molecule has 4 N–H and O–H groups in total. The minimum absolute atomic E-state index is 0.201. The second-order valence-electron chi connectivity index (χ2n) is 5.82. The van der Waals surface area contributed by atoms with Crippen LogP contribution in [0.3, 0.4) is 0 Å². The van der Waals surface area contributed by atoms with Gasteiger partial charge in [0.25, 0.3) is 0 Å². The maximum atomic E-state index is 11.6. The van der Waals surface area contributed by atoms with E-state index in [-0.39, 0.29) is 19.7 Å². The Balaban J connectivity index is 1.64. The molecule has 9 nitrogen and oxygen atoms in total. The number of ether oxygens (including phenoxy) is 1. The van der Waals surface area contributed by atoms with Crippen LogP contribution in [0.1, 0.15) is 17.1 Å². The van der Waals surface area contributed by atoms with E-state index in [4.69, 9.17) is 26.0 Å². The van der Waals surface area contributed by atoms with Crippen molar-refractivity contribution in [3.8, 4) is 5.75 Å². The fourth-order valence-electron chi connectivity index (χ4n) is 2.44. The Bertz CT molecular complexity index is 981. The average molecular weight is 393 g/mol. The number of carboxylic acid groups (broad SMARTS) is 1. The lowest BCUT2D eigenvalue weighted by molar-refractivity contribution is -0.120. The molecule has 3 rings (SSSR count). The molecule has 0 bridgehead atoms. The van der Waals surface area contributed by atoms with Crippen molar-refractivity contribution in [3.63, 3.8) is 0 Å². The van der Waals surface area contributed by atoms with Gasteiger partial charge in [-0.3, -0.25) is 4.79 Å². The molecule has 0 atom stereocenters. The van der Waals surface area contributed by atoms with E-state index in [9.17, 15) is 9.59 Å². The highest BCUT2D eigenvalue weighted by atomic mass is 35.5. The van der Waals surface area contributed by atoms with Gasteiger partial charge < -0.3 is 30.0 Å². The van der Waals surface area contributed by atoms with Crippen molar-refractivity contribution in [1.29, 1.82) is 0 Å². The minimum Gasteiger partial charge on any atom is -0.484 e. The van der Waals surface area contributed by atoms with Crippen LogP contribution in [0.15, 0.2) is 28.8 Å². The number of aryl methyl sites for hydroxylation is 1. The predicted molar refractivity (Wildman–Crippen MR) is 96.8 cm³/mol. The summed E-state index contributed by atoms with van der Waals surface area (Å²) in [6.07, 6.45) is -1.25. The predicted octanol–water partition coefficient (Wildman–Crippen LogP) is 2.58. The number of halogens is 1. The fraction of sp³-hybridized carbons (Fsp3) is 0.235.